The van der Waals surface area contributed by atoms with Crippen molar-refractivity contribution >= 4 is 5.97 Å². The highest BCUT2D eigenvalue weighted by atomic mass is 19.4. The molecule has 0 amide bonds. The Bertz CT molecular complexity index is 334. The summed E-state index contributed by atoms with van der Waals surface area (Å²) in [5, 5.41) is 17.7. The van der Waals surface area contributed by atoms with E-state index in [1.54, 1.807) is 0 Å². The quantitative estimate of drug-likeness (QED) is 0.771. The van der Waals surface area contributed by atoms with Crippen LogP contribution in [0.2, 0.25) is 0 Å². The summed E-state index contributed by atoms with van der Waals surface area (Å²) in [6.45, 7) is 0. The third kappa shape index (κ3) is 2.20. The van der Waals surface area contributed by atoms with Crippen LogP contribution in [-0.2, 0) is 4.79 Å². The van der Waals surface area contributed by atoms with Crippen molar-refractivity contribution in [3.05, 3.63) is 0 Å². The summed E-state index contributed by atoms with van der Waals surface area (Å²) in [4.78, 5) is 9.67. The Labute approximate surface area is 91.8 Å². The van der Waals surface area contributed by atoms with Gasteiger partial charge in [-0.1, -0.05) is 0 Å². The maximum atomic E-state index is 12.5. The van der Waals surface area contributed by atoms with E-state index in [1.807, 2.05) is 0 Å². The molecule has 0 rings (SSSR count). The van der Waals surface area contributed by atoms with E-state index in [1.165, 1.54) is 0 Å². The lowest BCUT2D eigenvalue weighted by Gasteiger charge is -2.35. The Morgan fingerprint density at radius 3 is 1.44 bits per heavy atom. The Morgan fingerprint density at radius 1 is 0.889 bits per heavy atom. The van der Waals surface area contributed by atoms with E-state index in [0.717, 1.165) is 0 Å². The van der Waals surface area contributed by atoms with E-state index in [0.29, 0.717) is 0 Å². The van der Waals surface area contributed by atoms with Gasteiger partial charge in [0.25, 0.3) is 0 Å². The van der Waals surface area contributed by atoms with Gasteiger partial charge in [0.2, 0.25) is 0 Å². The highest BCUT2D eigenvalue weighted by Gasteiger charge is 2.83. The lowest BCUT2D eigenvalue weighted by molar-refractivity contribution is -0.410. The second-order valence-corrected chi connectivity index (χ2v) is 2.99. The summed E-state index contributed by atoms with van der Waals surface area (Å²) in [7, 11) is 0. The molecule has 1 unspecified atom stereocenters. The van der Waals surface area contributed by atoms with Crippen LogP contribution in [0.15, 0.2) is 0 Å². The highest BCUT2D eigenvalue weighted by molar-refractivity contribution is 5.71. The highest BCUT2D eigenvalue weighted by Crippen LogP contribution is 2.53. The molecule has 0 aliphatic heterocycles. The number of rotatable bonds is 4. The monoisotopic (exact) mass is 293 g/mol. The van der Waals surface area contributed by atoms with Crippen LogP contribution in [0.3, 0.4) is 0 Å². The second kappa shape index (κ2) is 4.17. The number of aliphatic carboxylic acids is 1. The zero-order valence-corrected chi connectivity index (χ0v) is 7.74. The molecule has 0 bridgehead atoms. The van der Waals surface area contributed by atoms with Gasteiger partial charge in [0.05, 0.1) is 5.97 Å². The summed E-state index contributed by atoms with van der Waals surface area (Å²) < 4.78 is 109. The van der Waals surface area contributed by atoms with Crippen molar-refractivity contribution in [3.63, 3.8) is 0 Å². The smallest absolute Gasteiger partial charge is 0.460 e. The number of carbonyl (C=O) groups excluding carboxylic acids is 1. The first-order chi connectivity index (χ1) is 7.60. The van der Waals surface area contributed by atoms with E-state index in [-0.39, 0.29) is 0 Å². The molecule has 0 spiro atoms. The van der Waals surface area contributed by atoms with E-state index < -0.39 is 36.0 Å². The molecule has 108 valence electrons. The van der Waals surface area contributed by atoms with Gasteiger partial charge in [0, 0.05) is 0 Å². The van der Waals surface area contributed by atoms with Crippen molar-refractivity contribution in [1.29, 1.82) is 0 Å². The average molecular weight is 293 g/mol. The van der Waals surface area contributed by atoms with Crippen molar-refractivity contribution in [2.75, 3.05) is 0 Å². The van der Waals surface area contributed by atoms with Gasteiger partial charge in [-0.3, -0.25) is 0 Å². The molecule has 0 heterocycles. The minimum Gasteiger partial charge on any atom is -0.547 e. The number of hydrogen-bond donors (Lipinski definition) is 1. The number of carbonyl (C=O) groups is 1. The zero-order valence-electron chi connectivity index (χ0n) is 7.74. The molecule has 0 fully saturated rings. The van der Waals surface area contributed by atoms with E-state index in [2.05, 4.69) is 0 Å². The molecule has 0 radical (unpaired) electrons. The first-order valence-electron chi connectivity index (χ1n) is 3.69. The Kier molecular flexibility index (Phi) is 3.89. The molecule has 0 aromatic heterocycles. The van der Waals surface area contributed by atoms with Crippen LogP contribution >= 0.6 is 0 Å². The summed E-state index contributed by atoms with van der Waals surface area (Å²) >= 11 is 0. The predicted molar refractivity (Wildman–Crippen MR) is 31.9 cm³/mol. The number of carboxylic acid groups (broad SMARTS) is 1. The molecule has 1 atom stereocenters. The number of aliphatic hydroxyl groups excluding tert-OH is 1. The molecule has 18 heavy (non-hydrogen) atoms. The number of alkyl halides is 9. The van der Waals surface area contributed by atoms with Crippen LogP contribution in [0.25, 0.3) is 0 Å². The van der Waals surface area contributed by atoms with E-state index in [9.17, 15) is 49.4 Å². The summed E-state index contributed by atoms with van der Waals surface area (Å²) in [6.07, 6.45) is -11.6. The van der Waals surface area contributed by atoms with Crippen molar-refractivity contribution in [2.24, 2.45) is 0 Å². The molecule has 12 heteroatoms. The van der Waals surface area contributed by atoms with Crippen molar-refractivity contribution in [2.45, 2.75) is 30.0 Å². The average Bonchev–Trinajstić information content (AvgIpc) is 2.13. The van der Waals surface area contributed by atoms with Crippen LogP contribution in [0.4, 0.5) is 39.5 Å². The number of hydrogen-bond acceptors (Lipinski definition) is 3. The molecule has 0 aliphatic rings. The summed E-state index contributed by atoms with van der Waals surface area (Å²) in [5.41, 5.74) is 0. The second-order valence-electron chi connectivity index (χ2n) is 2.99. The molecule has 0 saturated carbocycles. The third-order valence-electron chi connectivity index (χ3n) is 1.74. The lowest BCUT2D eigenvalue weighted by Crippen LogP contribution is -2.66. The van der Waals surface area contributed by atoms with Crippen molar-refractivity contribution < 1.29 is 54.5 Å². The Morgan fingerprint density at radius 2 is 1.22 bits per heavy atom. The maximum Gasteiger partial charge on any atom is 0.460 e. The van der Waals surface area contributed by atoms with Gasteiger partial charge in [-0.25, -0.2) is 0 Å². The molecule has 0 aromatic rings. The van der Waals surface area contributed by atoms with Gasteiger partial charge in [0.1, 0.15) is 0 Å². The summed E-state index contributed by atoms with van der Waals surface area (Å²) in [6, 6.07) is 0. The fourth-order valence-corrected chi connectivity index (χ4v) is 0.707. The fraction of sp³-hybridized carbons (Fsp3) is 0.833. The van der Waals surface area contributed by atoms with Crippen LogP contribution in [0.5, 0.6) is 0 Å². The van der Waals surface area contributed by atoms with E-state index >= 15 is 0 Å². The van der Waals surface area contributed by atoms with Crippen molar-refractivity contribution in [1.82, 2.24) is 0 Å². The van der Waals surface area contributed by atoms with Gasteiger partial charge in [-0.2, -0.15) is 39.5 Å². The van der Waals surface area contributed by atoms with E-state index in [4.69, 9.17) is 5.11 Å². The molecule has 0 saturated heterocycles. The molecule has 3 nitrogen and oxygen atoms in total. The standard InChI is InChI=1S/C6H3F9O3/c7-3(8,1(16)2(17)18)4(9,10)5(11,12)6(13,14)15/h1,16H,(H,17,18)/p-1. The van der Waals surface area contributed by atoms with Gasteiger partial charge in [-0.05, 0) is 0 Å². The van der Waals surface area contributed by atoms with Gasteiger partial charge in [0.15, 0.2) is 6.10 Å². The first kappa shape index (κ1) is 16.8. The largest absolute Gasteiger partial charge is 0.547 e. The van der Waals surface area contributed by atoms with Gasteiger partial charge in [-0.15, -0.1) is 0 Å². The minimum atomic E-state index is -7.25. The molecule has 0 aromatic carbocycles. The zero-order chi connectivity index (χ0) is 15.2. The lowest BCUT2D eigenvalue weighted by atomic mass is 9.99. The minimum absolute atomic E-state index is 3.34. The normalized spacial score (nSPS) is 16.6. The SMILES string of the molecule is O=C([O-])C(O)C(F)(F)C(F)(F)C(F)(F)C(F)(F)F. The van der Waals surface area contributed by atoms with Crippen molar-refractivity contribution in [3.8, 4) is 0 Å². The molecule has 1 N–H and O–H groups in total. The first-order valence-corrected chi connectivity index (χ1v) is 3.69. The van der Waals surface area contributed by atoms with Gasteiger partial charge >= 0.3 is 23.9 Å². The Balaban J connectivity index is 5.71. The Hall–Kier alpha value is -1.20. The number of carboxylic acids is 1. The topological polar surface area (TPSA) is 60.4 Å². The van der Waals surface area contributed by atoms with Crippen LogP contribution in [0.1, 0.15) is 0 Å². The third-order valence-corrected chi connectivity index (χ3v) is 1.74. The molecular formula is C6H2F9O3-. The predicted octanol–water partition coefficient (Wildman–Crippen LogP) is 0.565. The van der Waals surface area contributed by atoms with Gasteiger partial charge < -0.3 is 15.0 Å². The maximum absolute atomic E-state index is 12.5. The fourth-order valence-electron chi connectivity index (χ4n) is 0.707. The van der Waals surface area contributed by atoms with Crippen LogP contribution < -0.4 is 5.11 Å². The molecule has 0 aliphatic carbocycles. The molecular weight excluding hydrogens is 291 g/mol. The summed E-state index contributed by atoms with van der Waals surface area (Å²) in [5.74, 6) is -24.4. The van der Waals surface area contributed by atoms with Crippen LogP contribution in [0, 0.1) is 0 Å². The van der Waals surface area contributed by atoms with Crippen LogP contribution in [-0.4, -0.2) is 41.1 Å². The number of halogens is 9. The number of aliphatic hydroxyl groups is 1.